The van der Waals surface area contributed by atoms with Crippen molar-refractivity contribution in [3.05, 3.63) is 11.9 Å². The first-order chi connectivity index (χ1) is 4.18. The van der Waals surface area contributed by atoms with Gasteiger partial charge in [0.1, 0.15) is 0 Å². The molecule has 0 aliphatic heterocycles. The van der Waals surface area contributed by atoms with Crippen LogP contribution in [-0.2, 0) is 11.8 Å². The predicted octanol–water partition coefficient (Wildman–Crippen LogP) is 1.77. The Balaban J connectivity index is 0. The van der Waals surface area contributed by atoms with Crippen molar-refractivity contribution in [1.82, 2.24) is 0 Å². The molecule has 1 atom stereocenters. The highest BCUT2D eigenvalue weighted by molar-refractivity contribution is 8.03. The maximum Gasteiger partial charge on any atom is 0.0723 e. The lowest BCUT2D eigenvalue weighted by Gasteiger charge is -1.75. The van der Waals surface area contributed by atoms with Gasteiger partial charge in [0.25, 0.3) is 0 Å². The Bertz CT molecular complexity index is 140. The van der Waals surface area contributed by atoms with E-state index in [2.05, 4.69) is 24.0 Å². The zero-order valence-electron chi connectivity index (χ0n) is 4.92. The molecular formula is C4H8NOPS2. The third kappa shape index (κ3) is 31.1. The molecule has 1 unspecified atom stereocenters. The normalized spacial score (nSPS) is 11.3. The van der Waals surface area contributed by atoms with Crippen molar-refractivity contribution in [2.24, 2.45) is 0 Å². The number of thiocarbonyl (C=S) groups is 1. The van der Waals surface area contributed by atoms with Gasteiger partial charge in [-0.1, -0.05) is 17.9 Å². The van der Waals surface area contributed by atoms with Crippen LogP contribution in [0.15, 0.2) is 11.9 Å². The first-order valence-electron chi connectivity index (χ1n) is 2.08. The Morgan fingerprint density at radius 3 is 2.11 bits per heavy atom. The van der Waals surface area contributed by atoms with E-state index in [0.29, 0.717) is 0 Å². The molecule has 0 heterocycles. The van der Waals surface area contributed by atoms with Crippen molar-refractivity contribution in [3.8, 4) is 0 Å². The average Bonchev–Trinajstić information content (AvgIpc) is 1.67. The monoisotopic (exact) mass is 181 g/mol. The molecule has 2 nitrogen and oxygen atoms in total. The van der Waals surface area contributed by atoms with Crippen LogP contribution in [0.5, 0.6) is 0 Å². The molecule has 0 spiro atoms. The summed E-state index contributed by atoms with van der Waals surface area (Å²) in [6.45, 7) is 0.358. The van der Waals surface area contributed by atoms with Crippen molar-refractivity contribution < 1.29 is 4.89 Å². The van der Waals surface area contributed by atoms with E-state index >= 15 is 0 Å². The van der Waals surface area contributed by atoms with Crippen LogP contribution < -0.4 is 0 Å². The average molecular weight is 181 g/mol. The van der Waals surface area contributed by atoms with E-state index in [1.807, 2.05) is 6.92 Å². The second kappa shape index (κ2) is 11.0. The molecule has 52 valence electrons. The Hall–Kier alpha value is 0.150. The van der Waals surface area contributed by atoms with Gasteiger partial charge in [-0.25, -0.2) is 5.41 Å². The van der Waals surface area contributed by atoms with Crippen LogP contribution in [0.3, 0.4) is 0 Å². The molecule has 0 radical (unpaired) electrons. The van der Waals surface area contributed by atoms with E-state index in [1.54, 1.807) is 17.1 Å². The smallest absolute Gasteiger partial charge is 0.0723 e. The summed E-state index contributed by atoms with van der Waals surface area (Å²) in [6, 6.07) is 0. The fraction of sp³-hybridized carbons (Fsp3) is 0.250. The van der Waals surface area contributed by atoms with Crippen molar-refractivity contribution in [1.29, 1.82) is 5.41 Å². The minimum absolute atomic E-state index is 1.48. The molecule has 0 amide bonds. The summed E-state index contributed by atoms with van der Waals surface area (Å²) >= 11 is 8.26. The first-order valence-corrected chi connectivity index (χ1v) is 5.15. The quantitative estimate of drug-likeness (QED) is 0.368. The highest BCUT2D eigenvalue weighted by Gasteiger charge is 1.66. The number of allylic oxidation sites excluding steroid dienone is 1. The van der Waals surface area contributed by atoms with Gasteiger partial charge in [-0.05, 0) is 25.0 Å². The summed E-state index contributed by atoms with van der Waals surface area (Å²) in [7, 11) is 0. The molecule has 0 aliphatic rings. The molecule has 0 aromatic carbocycles. The lowest BCUT2D eigenvalue weighted by atomic mass is 10.8. The standard InChI is InChI=1S/C3H7OPS.CHNS/c1-2-3-5(4)6;2-1-3/h2-3,5H,1H3,(H,4,6);2H. The predicted molar refractivity (Wildman–Crippen MR) is 48.0 cm³/mol. The van der Waals surface area contributed by atoms with Gasteiger partial charge in [0, 0.05) is 0 Å². The largest absolute Gasteiger partial charge is 0.364 e. The summed E-state index contributed by atoms with van der Waals surface area (Å²) in [6.07, 6.45) is 1.77. The fourth-order valence-electron chi connectivity index (χ4n) is 0.143. The number of rotatable bonds is 1. The van der Waals surface area contributed by atoms with Crippen LogP contribution in [0, 0.1) is 5.41 Å². The van der Waals surface area contributed by atoms with E-state index < -0.39 is 6.92 Å². The fourth-order valence-corrected chi connectivity index (χ4v) is 0.836. The molecule has 5 heteroatoms. The lowest BCUT2D eigenvalue weighted by Crippen LogP contribution is -1.40. The number of hydrogen-bond donors (Lipinski definition) is 2. The molecular weight excluding hydrogens is 173 g/mol. The van der Waals surface area contributed by atoms with Gasteiger partial charge in [0.15, 0.2) is 0 Å². The molecule has 9 heavy (non-hydrogen) atoms. The minimum Gasteiger partial charge on any atom is -0.364 e. The molecule has 0 aliphatic carbocycles. The van der Waals surface area contributed by atoms with Crippen LogP contribution in [0.2, 0.25) is 0 Å². The van der Waals surface area contributed by atoms with Crippen molar-refractivity contribution in [3.63, 3.8) is 0 Å². The van der Waals surface area contributed by atoms with Gasteiger partial charge < -0.3 is 4.89 Å². The summed E-state index contributed by atoms with van der Waals surface area (Å²) in [5, 5.41) is 7.36. The number of nitrogens with one attached hydrogen (secondary N) is 1. The Labute approximate surface area is 65.6 Å². The van der Waals surface area contributed by atoms with Gasteiger partial charge in [0.2, 0.25) is 0 Å². The molecule has 2 N–H and O–H groups in total. The van der Waals surface area contributed by atoms with E-state index in [0.717, 1.165) is 0 Å². The summed E-state index contributed by atoms with van der Waals surface area (Å²) < 4.78 is 0. The summed E-state index contributed by atoms with van der Waals surface area (Å²) in [4.78, 5) is 8.38. The third-order valence-corrected chi connectivity index (χ3v) is 1.34. The van der Waals surface area contributed by atoms with E-state index in [9.17, 15) is 0 Å². The topological polar surface area (TPSA) is 44.1 Å². The van der Waals surface area contributed by atoms with Gasteiger partial charge in [0.05, 0.1) is 12.1 Å². The van der Waals surface area contributed by atoms with E-state index in [-0.39, 0.29) is 0 Å². The van der Waals surface area contributed by atoms with Crippen LogP contribution in [0.4, 0.5) is 0 Å². The van der Waals surface area contributed by atoms with Gasteiger partial charge in [-0.3, -0.25) is 0 Å². The van der Waals surface area contributed by atoms with Crippen LogP contribution in [0.25, 0.3) is 0 Å². The molecule has 0 bridgehead atoms. The molecule has 0 saturated heterocycles. The van der Waals surface area contributed by atoms with Crippen molar-refractivity contribution in [2.45, 2.75) is 6.92 Å². The highest BCUT2D eigenvalue weighted by Crippen LogP contribution is 2.13. The summed E-state index contributed by atoms with van der Waals surface area (Å²) in [5.74, 6) is 1.64. The third-order valence-electron chi connectivity index (χ3n) is 0.309. The molecule has 0 fully saturated rings. The maximum atomic E-state index is 8.38. The minimum atomic E-state index is -1.48. The van der Waals surface area contributed by atoms with Gasteiger partial charge >= 0.3 is 0 Å². The van der Waals surface area contributed by atoms with Crippen LogP contribution in [0.1, 0.15) is 6.92 Å². The molecule has 0 rings (SSSR count). The van der Waals surface area contributed by atoms with E-state index in [4.69, 9.17) is 10.3 Å². The first kappa shape index (κ1) is 11.9. The van der Waals surface area contributed by atoms with Crippen LogP contribution in [-0.4, -0.2) is 10.1 Å². The second-order valence-electron chi connectivity index (χ2n) is 0.940. The number of isothiocyanates is 1. The van der Waals surface area contributed by atoms with Gasteiger partial charge in [-0.15, -0.1) is 0 Å². The zero-order chi connectivity index (χ0) is 7.70. The Morgan fingerprint density at radius 2 is 2.11 bits per heavy atom. The second-order valence-corrected chi connectivity index (χ2v) is 3.41. The summed E-state index contributed by atoms with van der Waals surface area (Å²) in [5.41, 5.74) is 0. The lowest BCUT2D eigenvalue weighted by molar-refractivity contribution is 0.652. The van der Waals surface area contributed by atoms with Gasteiger partial charge in [-0.2, -0.15) is 0 Å². The molecule has 0 saturated carbocycles. The highest BCUT2D eigenvalue weighted by atomic mass is 32.4. The number of hydrogen-bond acceptors (Lipinski definition) is 3. The molecule has 0 aromatic rings. The maximum absolute atomic E-state index is 8.38. The van der Waals surface area contributed by atoms with Crippen LogP contribution >= 0.6 is 19.1 Å². The van der Waals surface area contributed by atoms with Crippen molar-refractivity contribution in [2.75, 3.05) is 0 Å². The Kier molecular flexibility index (Phi) is 14.6. The zero-order valence-corrected chi connectivity index (χ0v) is 7.55. The van der Waals surface area contributed by atoms with Crippen molar-refractivity contribution >= 4 is 36.1 Å². The van der Waals surface area contributed by atoms with E-state index in [1.165, 1.54) is 0 Å². The Morgan fingerprint density at radius 1 is 1.78 bits per heavy atom. The molecule has 0 aromatic heterocycles. The SMILES string of the molecule is CC=C[PH](O)=S.N=C=S.